The molecule has 0 bridgehead atoms. The molecule has 4 fully saturated rings. The Morgan fingerprint density at radius 1 is 1.06 bits per heavy atom. The molecule has 0 saturated heterocycles. The molecule has 4 rings (SSSR count). The molecule has 1 amide bonds. The van der Waals surface area contributed by atoms with Crippen LogP contribution in [-0.2, 0) is 23.9 Å². The van der Waals surface area contributed by atoms with Crippen LogP contribution in [0, 0.1) is 34.5 Å². The van der Waals surface area contributed by atoms with E-state index in [1.54, 1.807) is 0 Å². The van der Waals surface area contributed by atoms with Crippen LogP contribution >= 0.6 is 12.6 Å². The number of rotatable bonds is 7. The smallest absolute Gasteiger partial charge is 0.327 e. The van der Waals surface area contributed by atoms with E-state index in [0.29, 0.717) is 29.5 Å². The average molecular weight is 494 g/mol. The van der Waals surface area contributed by atoms with Crippen molar-refractivity contribution in [2.45, 2.75) is 96.6 Å². The Hall–Kier alpha value is -1.57. The maximum Gasteiger partial charge on any atom is 0.327 e. The Labute approximate surface area is 207 Å². The van der Waals surface area contributed by atoms with Crippen LogP contribution in [0.2, 0.25) is 0 Å². The highest BCUT2D eigenvalue weighted by atomic mass is 32.1. The number of carboxylic acid groups (broad SMARTS) is 1. The van der Waals surface area contributed by atoms with E-state index in [9.17, 15) is 19.2 Å². The number of ketones is 1. The van der Waals surface area contributed by atoms with E-state index >= 15 is 0 Å². The number of ether oxygens (including phenoxy) is 1. The van der Waals surface area contributed by atoms with Gasteiger partial charge in [-0.25, -0.2) is 4.79 Å². The minimum atomic E-state index is -1.14. The number of amides is 1. The number of hydrogen-bond acceptors (Lipinski definition) is 6. The summed E-state index contributed by atoms with van der Waals surface area (Å²) in [4.78, 5) is 47.8. The van der Waals surface area contributed by atoms with Gasteiger partial charge in [-0.3, -0.25) is 14.4 Å². The molecule has 8 atom stereocenters. The zero-order chi connectivity index (χ0) is 24.7. The minimum Gasteiger partial charge on any atom is -0.480 e. The van der Waals surface area contributed by atoms with Crippen LogP contribution in [-0.4, -0.2) is 46.6 Å². The summed E-state index contributed by atoms with van der Waals surface area (Å²) in [7, 11) is 0. The molecule has 0 unspecified atom stereocenters. The van der Waals surface area contributed by atoms with Crippen molar-refractivity contribution in [2.24, 2.45) is 34.5 Å². The Bertz CT molecular complexity index is 847. The monoisotopic (exact) mass is 493 g/mol. The number of carbonyl (C=O) groups is 4. The van der Waals surface area contributed by atoms with E-state index in [1.165, 1.54) is 6.42 Å². The predicted molar refractivity (Wildman–Crippen MR) is 129 cm³/mol. The van der Waals surface area contributed by atoms with Crippen LogP contribution in [0.25, 0.3) is 0 Å². The van der Waals surface area contributed by atoms with Gasteiger partial charge >= 0.3 is 11.9 Å². The third-order valence-electron chi connectivity index (χ3n) is 10.0. The number of esters is 1. The highest BCUT2D eigenvalue weighted by molar-refractivity contribution is 7.80. The quantitative estimate of drug-likeness (QED) is 0.368. The number of hydrogen-bond donors (Lipinski definition) is 3. The topological polar surface area (TPSA) is 110 Å². The van der Waals surface area contributed by atoms with Crippen molar-refractivity contribution in [1.29, 1.82) is 0 Å². The number of nitrogens with one attached hydrogen (secondary N) is 1. The van der Waals surface area contributed by atoms with E-state index in [-0.39, 0.29) is 41.5 Å². The molecule has 4 aliphatic rings. The lowest BCUT2D eigenvalue weighted by molar-refractivity contribution is -0.164. The SMILES string of the molecule is C[C@]12CCC(=O)C[C@H]1CC[C@@H]1[C@@H]2CC[C@]2(C)[C@H](OC(=O)CCC(=O)N[C@@H](CS)C(=O)O)CC[C@@H]12. The van der Waals surface area contributed by atoms with Gasteiger partial charge in [-0.2, -0.15) is 12.6 Å². The first-order chi connectivity index (χ1) is 16.1. The highest BCUT2D eigenvalue weighted by Crippen LogP contribution is 2.66. The molecule has 0 aromatic heterocycles. The highest BCUT2D eigenvalue weighted by Gasteiger charge is 2.61. The first kappa shape index (κ1) is 25.5. The van der Waals surface area contributed by atoms with E-state index in [1.807, 2.05) is 0 Å². The second-order valence-corrected chi connectivity index (χ2v) is 12.0. The zero-order valence-corrected chi connectivity index (χ0v) is 21.3. The van der Waals surface area contributed by atoms with Crippen molar-refractivity contribution in [3.8, 4) is 0 Å². The summed E-state index contributed by atoms with van der Waals surface area (Å²) in [5, 5.41) is 11.4. The van der Waals surface area contributed by atoms with Gasteiger partial charge in [0.1, 0.15) is 17.9 Å². The van der Waals surface area contributed by atoms with Crippen LogP contribution in [0.15, 0.2) is 0 Å². The third-order valence-corrected chi connectivity index (χ3v) is 10.4. The summed E-state index contributed by atoms with van der Waals surface area (Å²) in [6.07, 6.45) is 8.66. The van der Waals surface area contributed by atoms with Gasteiger partial charge in [-0.05, 0) is 74.0 Å². The molecule has 7 nitrogen and oxygen atoms in total. The van der Waals surface area contributed by atoms with Gasteiger partial charge in [-0.1, -0.05) is 13.8 Å². The molecule has 8 heteroatoms. The molecular formula is C26H39NO6S. The normalized spacial score (nSPS) is 39.9. The molecule has 0 heterocycles. The molecule has 0 aliphatic heterocycles. The van der Waals surface area contributed by atoms with Gasteiger partial charge in [0, 0.05) is 30.4 Å². The van der Waals surface area contributed by atoms with Crippen LogP contribution in [0.3, 0.4) is 0 Å². The molecule has 0 aromatic rings. The molecule has 34 heavy (non-hydrogen) atoms. The van der Waals surface area contributed by atoms with Crippen molar-refractivity contribution in [1.82, 2.24) is 5.32 Å². The van der Waals surface area contributed by atoms with E-state index < -0.39 is 17.9 Å². The number of carbonyl (C=O) groups excluding carboxylic acids is 3. The van der Waals surface area contributed by atoms with Crippen LogP contribution in [0.4, 0.5) is 0 Å². The maximum absolute atomic E-state index is 12.6. The summed E-state index contributed by atoms with van der Waals surface area (Å²) in [6.45, 7) is 4.72. The van der Waals surface area contributed by atoms with Crippen molar-refractivity contribution < 1.29 is 29.0 Å². The summed E-state index contributed by atoms with van der Waals surface area (Å²) < 4.78 is 5.94. The Morgan fingerprint density at radius 3 is 2.50 bits per heavy atom. The Balaban J connectivity index is 1.34. The van der Waals surface area contributed by atoms with Crippen molar-refractivity contribution in [2.75, 3.05) is 5.75 Å². The number of thiol groups is 1. The third kappa shape index (κ3) is 4.63. The predicted octanol–water partition coefficient (Wildman–Crippen LogP) is 3.79. The second kappa shape index (κ2) is 9.82. The number of fused-ring (bicyclic) bond motifs is 5. The molecule has 4 saturated carbocycles. The molecule has 4 aliphatic carbocycles. The van der Waals surface area contributed by atoms with Crippen molar-refractivity contribution >= 4 is 36.3 Å². The summed E-state index contributed by atoms with van der Waals surface area (Å²) >= 11 is 3.93. The van der Waals surface area contributed by atoms with E-state index in [0.717, 1.165) is 51.4 Å². The lowest BCUT2D eigenvalue weighted by Crippen LogP contribution is -2.54. The molecular weight excluding hydrogens is 454 g/mol. The van der Waals surface area contributed by atoms with Gasteiger partial charge in [0.15, 0.2) is 0 Å². The van der Waals surface area contributed by atoms with Gasteiger partial charge in [0.25, 0.3) is 0 Å². The molecule has 0 radical (unpaired) electrons. The van der Waals surface area contributed by atoms with Gasteiger partial charge in [-0.15, -0.1) is 0 Å². The fraction of sp³-hybridized carbons (Fsp3) is 0.846. The summed E-state index contributed by atoms with van der Waals surface area (Å²) in [5.41, 5.74) is 0.230. The Kier molecular flexibility index (Phi) is 7.37. The van der Waals surface area contributed by atoms with Crippen molar-refractivity contribution in [3.05, 3.63) is 0 Å². The summed E-state index contributed by atoms with van der Waals surface area (Å²) in [5.74, 6) is 0.779. The molecule has 2 N–H and O–H groups in total. The zero-order valence-electron chi connectivity index (χ0n) is 20.4. The average Bonchev–Trinajstić information content (AvgIpc) is 3.12. The maximum atomic E-state index is 12.6. The van der Waals surface area contributed by atoms with E-state index in [4.69, 9.17) is 9.84 Å². The van der Waals surface area contributed by atoms with Crippen LogP contribution in [0.1, 0.15) is 84.5 Å². The standard InChI is InChI=1S/C26H39NO6S/c1-25-11-9-16(28)13-15(25)3-4-17-18-5-6-21(26(18,2)12-10-19(17)25)33-23(30)8-7-22(29)27-20(14-34)24(31)32/h15,17-21,34H,3-14H2,1-2H3,(H,27,29)(H,31,32)/t15-,17+,18+,19+,20+,21-,25+,26+/m1/s1. The molecule has 0 aromatic carbocycles. The number of aliphatic carboxylic acids is 1. The lowest BCUT2D eigenvalue weighted by atomic mass is 9.45. The first-order valence-electron chi connectivity index (χ1n) is 12.9. The van der Waals surface area contributed by atoms with Crippen molar-refractivity contribution in [3.63, 3.8) is 0 Å². The fourth-order valence-electron chi connectivity index (χ4n) is 8.08. The minimum absolute atomic E-state index is 0.00834. The Morgan fingerprint density at radius 2 is 1.79 bits per heavy atom. The summed E-state index contributed by atoms with van der Waals surface area (Å²) in [6, 6.07) is -1.06. The van der Waals surface area contributed by atoms with Gasteiger partial charge < -0.3 is 15.2 Å². The van der Waals surface area contributed by atoms with Crippen LogP contribution < -0.4 is 5.32 Å². The second-order valence-electron chi connectivity index (χ2n) is 11.6. The van der Waals surface area contributed by atoms with Crippen LogP contribution in [0.5, 0.6) is 0 Å². The van der Waals surface area contributed by atoms with E-state index in [2.05, 4.69) is 31.8 Å². The number of carboxylic acids is 1. The molecule has 190 valence electrons. The van der Waals surface area contributed by atoms with Gasteiger partial charge in [0.2, 0.25) is 5.91 Å². The number of Topliss-reactive ketones (excluding diaryl/α,β-unsaturated/α-hetero) is 1. The largest absolute Gasteiger partial charge is 0.480 e. The lowest BCUT2D eigenvalue weighted by Gasteiger charge is -2.60. The fourth-order valence-corrected chi connectivity index (χ4v) is 8.32. The van der Waals surface area contributed by atoms with Gasteiger partial charge in [0.05, 0.1) is 6.42 Å². The first-order valence-corrected chi connectivity index (χ1v) is 13.6. The molecule has 0 spiro atoms.